The quantitative estimate of drug-likeness (QED) is 0.114. The van der Waals surface area contributed by atoms with Crippen LogP contribution in [0.4, 0.5) is 42.9 Å². The van der Waals surface area contributed by atoms with Crippen LogP contribution in [-0.4, -0.2) is 0 Å². The van der Waals surface area contributed by atoms with E-state index >= 15 is 8.78 Å². The molecule has 0 saturated carbocycles. The standard InChI is InChI=1S/C84H66F2N2/c1-9-59-25-33-63(34-26-59)83(77-47-53(3)19-21-55(77)5)75-17-13-11-15-71(75)73-45-43-67(49-79(73)83)87(69-37-23-57(7)81(85)51-69)65-39-29-61(30-40-65)62-31-41-66(42-32-62)88(70-38-24-58(8)82(86)52-70)68-44-46-74-72-16-12-14-18-76(72)84(80(74)50-68,64-35-27-60(10-2)28-36-64)78-48-54(4)20-22-56(78)6/h9-52H,1-2H2,3-8H3. The van der Waals surface area contributed by atoms with E-state index in [0.717, 1.165) is 78.4 Å². The van der Waals surface area contributed by atoms with Crippen molar-refractivity contribution in [2.24, 2.45) is 0 Å². The molecule has 88 heavy (non-hydrogen) atoms. The van der Waals surface area contributed by atoms with Gasteiger partial charge in [0.05, 0.1) is 10.8 Å². The second kappa shape index (κ2) is 21.8. The first-order valence-electron chi connectivity index (χ1n) is 30.2. The van der Waals surface area contributed by atoms with E-state index in [0.29, 0.717) is 22.5 Å². The molecule has 0 aromatic heterocycles. The summed E-state index contributed by atoms with van der Waals surface area (Å²) < 4.78 is 32.0. The molecule has 2 nitrogen and oxygen atoms in total. The number of halogens is 2. The second-order valence-electron chi connectivity index (χ2n) is 24.0. The van der Waals surface area contributed by atoms with Crippen LogP contribution in [-0.2, 0) is 10.8 Å². The minimum absolute atomic E-state index is 0.272. The van der Waals surface area contributed by atoms with Gasteiger partial charge in [-0.25, -0.2) is 8.78 Å². The van der Waals surface area contributed by atoms with Crippen LogP contribution in [0.5, 0.6) is 0 Å². The van der Waals surface area contributed by atoms with Gasteiger partial charge in [-0.05, 0) is 226 Å². The van der Waals surface area contributed by atoms with Gasteiger partial charge < -0.3 is 9.80 Å². The zero-order chi connectivity index (χ0) is 60.6. The Bertz CT molecular complexity index is 4440. The lowest BCUT2D eigenvalue weighted by molar-refractivity contribution is 0.618. The third kappa shape index (κ3) is 8.88. The fourth-order valence-corrected chi connectivity index (χ4v) is 14.3. The van der Waals surface area contributed by atoms with Crippen LogP contribution in [0.25, 0.3) is 45.5 Å². The monoisotopic (exact) mass is 1140 g/mol. The Labute approximate surface area is 516 Å². The van der Waals surface area contributed by atoms with Gasteiger partial charge in [-0.15, -0.1) is 0 Å². The first-order valence-corrected chi connectivity index (χ1v) is 30.2. The molecule has 426 valence electrons. The molecule has 14 rings (SSSR count). The molecule has 0 spiro atoms. The first-order chi connectivity index (χ1) is 42.8. The molecule has 0 N–H and O–H groups in total. The maximum Gasteiger partial charge on any atom is 0.128 e. The largest absolute Gasteiger partial charge is 0.310 e. The number of hydrogen-bond acceptors (Lipinski definition) is 2. The minimum Gasteiger partial charge on any atom is -0.310 e. The van der Waals surface area contributed by atoms with Crippen molar-refractivity contribution in [2.45, 2.75) is 52.4 Å². The number of anilines is 6. The zero-order valence-electron chi connectivity index (χ0n) is 50.5. The smallest absolute Gasteiger partial charge is 0.128 e. The van der Waals surface area contributed by atoms with Crippen molar-refractivity contribution in [1.29, 1.82) is 0 Å². The average molecular weight is 1140 g/mol. The van der Waals surface area contributed by atoms with Gasteiger partial charge >= 0.3 is 0 Å². The zero-order valence-corrected chi connectivity index (χ0v) is 50.5. The summed E-state index contributed by atoms with van der Waals surface area (Å²) in [6.07, 6.45) is 3.78. The van der Waals surface area contributed by atoms with Crippen LogP contribution >= 0.6 is 0 Å². The molecule has 2 aliphatic rings. The highest BCUT2D eigenvalue weighted by Gasteiger charge is 2.49. The van der Waals surface area contributed by atoms with E-state index in [-0.39, 0.29) is 11.6 Å². The lowest BCUT2D eigenvalue weighted by atomic mass is 9.66. The van der Waals surface area contributed by atoms with Gasteiger partial charge in [0, 0.05) is 34.1 Å². The first kappa shape index (κ1) is 55.5. The topological polar surface area (TPSA) is 6.48 Å². The van der Waals surface area contributed by atoms with Crippen molar-refractivity contribution >= 4 is 46.3 Å². The summed E-state index contributed by atoms with van der Waals surface area (Å²) in [6.45, 7) is 20.5. The van der Waals surface area contributed by atoms with E-state index in [9.17, 15) is 0 Å². The van der Waals surface area contributed by atoms with Crippen LogP contribution in [0.3, 0.4) is 0 Å². The second-order valence-corrected chi connectivity index (χ2v) is 24.0. The molecule has 12 aromatic rings. The fraction of sp³-hybridized carbons (Fsp3) is 0.0952. The number of nitrogens with zero attached hydrogens (tertiary/aromatic N) is 2. The SMILES string of the molecule is C=Cc1ccc(C2(c3cc(C)ccc3C)c3ccccc3-c3ccc(N(c4ccc(-c5ccc(N(c6ccc(C)c(F)c6)c6ccc7c(c6)C(c6ccc(C=C)cc6)(c6cc(C)ccc6C)c6ccccc6-7)cc5)cc4)c4ccc(C)c(F)c4)cc32)cc1. The number of aryl methyl sites for hydroxylation is 6. The van der Waals surface area contributed by atoms with Crippen LogP contribution in [0.1, 0.15) is 89.0 Å². The van der Waals surface area contributed by atoms with E-state index in [1.807, 2.05) is 36.4 Å². The molecule has 2 aliphatic carbocycles. The van der Waals surface area contributed by atoms with E-state index in [2.05, 4.69) is 269 Å². The average Bonchev–Trinajstić information content (AvgIpc) is 1.57. The van der Waals surface area contributed by atoms with Gasteiger partial charge in [-0.2, -0.15) is 0 Å². The molecular weight excluding hydrogens is 1070 g/mol. The predicted octanol–water partition coefficient (Wildman–Crippen LogP) is 22.4. The molecule has 0 bridgehead atoms. The van der Waals surface area contributed by atoms with Crippen molar-refractivity contribution in [2.75, 3.05) is 9.80 Å². The Morgan fingerprint density at radius 2 is 0.625 bits per heavy atom. The summed E-state index contributed by atoms with van der Waals surface area (Å²) in [5, 5.41) is 0. The van der Waals surface area contributed by atoms with Gasteiger partial charge in [0.15, 0.2) is 0 Å². The van der Waals surface area contributed by atoms with Crippen molar-refractivity contribution in [3.8, 4) is 33.4 Å². The number of rotatable bonds is 13. The molecule has 0 radical (unpaired) electrons. The van der Waals surface area contributed by atoms with E-state index in [1.54, 1.807) is 26.0 Å². The molecule has 2 atom stereocenters. The summed E-state index contributed by atoms with van der Waals surface area (Å²) in [5.74, 6) is -0.544. The molecule has 4 heteroatoms. The molecule has 2 unspecified atom stereocenters. The third-order valence-electron chi connectivity index (χ3n) is 18.7. The highest BCUT2D eigenvalue weighted by atomic mass is 19.1. The maximum atomic E-state index is 16.0. The summed E-state index contributed by atoms with van der Waals surface area (Å²) in [4.78, 5) is 4.35. The highest BCUT2D eigenvalue weighted by molar-refractivity contribution is 5.92. The van der Waals surface area contributed by atoms with Crippen LogP contribution < -0.4 is 9.80 Å². The molecular formula is C84H66F2N2. The minimum atomic E-state index is -0.670. The third-order valence-corrected chi connectivity index (χ3v) is 18.7. The van der Waals surface area contributed by atoms with Crippen LogP contribution in [0.2, 0.25) is 0 Å². The van der Waals surface area contributed by atoms with Crippen molar-refractivity contribution in [3.05, 3.63) is 369 Å². The Hall–Kier alpha value is -10.4. The van der Waals surface area contributed by atoms with Gasteiger partial charge in [-0.3, -0.25) is 0 Å². The van der Waals surface area contributed by atoms with E-state index < -0.39 is 10.8 Å². The van der Waals surface area contributed by atoms with Crippen molar-refractivity contribution < 1.29 is 8.78 Å². The molecule has 0 saturated heterocycles. The number of fused-ring (bicyclic) bond motifs is 6. The number of benzene rings is 12. The maximum absolute atomic E-state index is 16.0. The van der Waals surface area contributed by atoms with E-state index in [4.69, 9.17) is 0 Å². The summed E-state index contributed by atoms with van der Waals surface area (Å²) in [5.41, 5.74) is 27.9. The molecule has 0 amide bonds. The lowest BCUT2D eigenvalue weighted by Gasteiger charge is -2.36. The Balaban J connectivity index is 0.880. The molecule has 12 aromatic carbocycles. The van der Waals surface area contributed by atoms with Crippen molar-refractivity contribution in [1.82, 2.24) is 0 Å². The van der Waals surface area contributed by atoms with Gasteiger partial charge in [-0.1, -0.05) is 218 Å². The summed E-state index contributed by atoms with van der Waals surface area (Å²) in [6, 6.07) is 90.5. The van der Waals surface area contributed by atoms with Crippen LogP contribution in [0, 0.1) is 53.2 Å². The Morgan fingerprint density at radius 3 is 1.00 bits per heavy atom. The predicted molar refractivity (Wildman–Crippen MR) is 364 cm³/mol. The molecule has 0 aliphatic heterocycles. The molecule has 0 heterocycles. The normalized spacial score (nSPS) is 15.2. The summed E-state index contributed by atoms with van der Waals surface area (Å²) in [7, 11) is 0. The number of hydrogen-bond donors (Lipinski definition) is 0. The van der Waals surface area contributed by atoms with Gasteiger partial charge in [0.1, 0.15) is 11.6 Å². The van der Waals surface area contributed by atoms with Gasteiger partial charge in [0.2, 0.25) is 0 Å². The lowest BCUT2D eigenvalue weighted by Crippen LogP contribution is -2.30. The van der Waals surface area contributed by atoms with Gasteiger partial charge in [0.25, 0.3) is 0 Å². The Morgan fingerprint density at radius 1 is 0.295 bits per heavy atom. The fourth-order valence-electron chi connectivity index (χ4n) is 14.3. The van der Waals surface area contributed by atoms with Crippen molar-refractivity contribution in [3.63, 3.8) is 0 Å². The Kier molecular flexibility index (Phi) is 13.8. The van der Waals surface area contributed by atoms with Crippen LogP contribution in [0.15, 0.2) is 268 Å². The summed E-state index contributed by atoms with van der Waals surface area (Å²) >= 11 is 0. The highest BCUT2D eigenvalue weighted by Crippen LogP contribution is 2.60. The molecule has 0 fully saturated rings. The van der Waals surface area contributed by atoms with E-state index in [1.165, 1.54) is 55.6 Å².